The summed E-state index contributed by atoms with van der Waals surface area (Å²) in [4.78, 5) is 38.2. The number of halogens is 5. The zero-order chi connectivity index (χ0) is 31.3. The maximum Gasteiger partial charge on any atom is 0.417 e. The molecule has 4 heterocycles. The summed E-state index contributed by atoms with van der Waals surface area (Å²) in [7, 11) is 2.03. The summed E-state index contributed by atoms with van der Waals surface area (Å²) >= 11 is 1.15. The van der Waals surface area contributed by atoms with Gasteiger partial charge >= 0.3 is 11.9 Å². The molecular weight excluding hydrogens is 603 g/mol. The average Bonchev–Trinajstić information content (AvgIpc) is 2.99. The van der Waals surface area contributed by atoms with Crippen molar-refractivity contribution in [3.8, 4) is 11.1 Å². The van der Waals surface area contributed by atoms with Gasteiger partial charge in [0.1, 0.15) is 17.5 Å². The SMILES string of the molecule is C=CC(=O)N1CCN(c2nc(=O)n3c4c(c(-c5ccc(F)cc5F)c(C(F)(F)F)cc24)SCC3CN2CCN(C)CC2)CC1. The van der Waals surface area contributed by atoms with Crippen LogP contribution in [0.15, 0.2) is 46.6 Å². The molecule has 2 saturated heterocycles. The third kappa shape index (κ3) is 5.58. The molecule has 1 unspecified atom stereocenters. The van der Waals surface area contributed by atoms with Gasteiger partial charge in [0.05, 0.1) is 17.1 Å². The first-order valence-corrected chi connectivity index (χ1v) is 15.3. The van der Waals surface area contributed by atoms with Gasteiger partial charge in [-0.15, -0.1) is 11.8 Å². The molecule has 8 nitrogen and oxygen atoms in total. The second kappa shape index (κ2) is 11.8. The second-order valence-corrected chi connectivity index (χ2v) is 12.3. The highest BCUT2D eigenvalue weighted by Crippen LogP contribution is 2.50. The van der Waals surface area contributed by atoms with E-state index in [1.54, 1.807) is 9.80 Å². The van der Waals surface area contributed by atoms with E-state index in [2.05, 4.69) is 21.4 Å². The largest absolute Gasteiger partial charge is 0.417 e. The molecule has 3 aromatic rings. The highest BCUT2D eigenvalue weighted by molar-refractivity contribution is 7.99. The van der Waals surface area contributed by atoms with E-state index in [1.807, 2.05) is 7.05 Å². The van der Waals surface area contributed by atoms with Crippen molar-refractivity contribution >= 4 is 34.4 Å². The Balaban J connectivity index is 1.57. The van der Waals surface area contributed by atoms with E-state index >= 15 is 4.39 Å². The number of hydrogen-bond acceptors (Lipinski definition) is 7. The molecule has 3 aliphatic heterocycles. The maximum absolute atomic E-state index is 15.2. The van der Waals surface area contributed by atoms with E-state index in [4.69, 9.17) is 0 Å². The predicted octanol–water partition coefficient (Wildman–Crippen LogP) is 4.09. The topological polar surface area (TPSA) is 64.9 Å². The van der Waals surface area contributed by atoms with E-state index in [-0.39, 0.29) is 59.5 Å². The second-order valence-electron chi connectivity index (χ2n) is 11.3. The van der Waals surface area contributed by atoms with Gasteiger partial charge < -0.3 is 14.7 Å². The number of rotatable bonds is 5. The molecule has 1 aromatic heterocycles. The number of piperazine rings is 2. The lowest BCUT2D eigenvalue weighted by Crippen LogP contribution is -2.50. The smallest absolute Gasteiger partial charge is 0.352 e. The fourth-order valence-electron chi connectivity index (χ4n) is 6.25. The predicted molar refractivity (Wildman–Crippen MR) is 159 cm³/mol. The number of nitrogens with zero attached hydrogens (tertiary/aromatic N) is 6. The van der Waals surface area contributed by atoms with Gasteiger partial charge in [0.2, 0.25) is 5.91 Å². The minimum atomic E-state index is -4.90. The van der Waals surface area contributed by atoms with Gasteiger partial charge in [-0.1, -0.05) is 6.58 Å². The van der Waals surface area contributed by atoms with Gasteiger partial charge in [0.25, 0.3) is 0 Å². The lowest BCUT2D eigenvalue weighted by molar-refractivity contribution is -0.137. The van der Waals surface area contributed by atoms with E-state index in [0.29, 0.717) is 12.6 Å². The minimum absolute atomic E-state index is 0.0886. The first-order chi connectivity index (χ1) is 21.0. The molecule has 2 aromatic carbocycles. The van der Waals surface area contributed by atoms with Gasteiger partial charge in [-0.3, -0.25) is 14.3 Å². The van der Waals surface area contributed by atoms with Crippen LogP contribution in [0.4, 0.5) is 27.8 Å². The van der Waals surface area contributed by atoms with Crippen LogP contribution in [0, 0.1) is 11.6 Å². The Bertz CT molecular complexity index is 1680. The Kier molecular flexibility index (Phi) is 8.18. The summed E-state index contributed by atoms with van der Waals surface area (Å²) in [6, 6.07) is 3.04. The van der Waals surface area contributed by atoms with Gasteiger partial charge in [-0.2, -0.15) is 18.2 Å². The van der Waals surface area contributed by atoms with Crippen LogP contribution in [-0.2, 0) is 11.0 Å². The molecule has 1 atom stereocenters. The number of benzene rings is 2. The Morgan fingerprint density at radius 3 is 2.41 bits per heavy atom. The van der Waals surface area contributed by atoms with Gasteiger partial charge in [-0.05, 0) is 31.3 Å². The van der Waals surface area contributed by atoms with Crippen molar-refractivity contribution in [1.82, 2.24) is 24.3 Å². The summed E-state index contributed by atoms with van der Waals surface area (Å²) in [5.74, 6) is -1.94. The summed E-state index contributed by atoms with van der Waals surface area (Å²) in [5, 5.41) is 0.122. The number of hydrogen-bond donors (Lipinski definition) is 0. The zero-order valence-electron chi connectivity index (χ0n) is 24.0. The average molecular weight is 635 g/mol. The van der Waals surface area contributed by atoms with E-state index in [1.165, 1.54) is 10.6 Å². The fourth-order valence-corrected chi connectivity index (χ4v) is 7.57. The van der Waals surface area contributed by atoms with Crippen LogP contribution in [0.1, 0.15) is 11.6 Å². The van der Waals surface area contributed by atoms with Crippen LogP contribution in [-0.4, -0.2) is 102 Å². The number of thioether (sulfide) groups is 1. The standard InChI is InChI=1S/C30H31F5N6O2S/c1-3-24(42)39-10-12-40(13-11-39)28-21-15-22(30(33,34)35)25(20-5-4-18(31)14-23(20)32)27-26(21)41(29(43)36-28)19(17-44-27)16-38-8-6-37(2)7-9-38/h3-5,14-15,19H,1,6-13,16-17H2,2H3. The van der Waals surface area contributed by atoms with Crippen LogP contribution in [0.2, 0.25) is 0 Å². The number of likely N-dealkylation sites (N-methyl/N-ethyl adjacent to an activating group) is 1. The number of alkyl halides is 3. The molecule has 0 saturated carbocycles. The molecule has 0 spiro atoms. The third-order valence-corrected chi connectivity index (χ3v) is 9.80. The van der Waals surface area contributed by atoms with Crippen LogP contribution in [0.5, 0.6) is 0 Å². The number of amides is 1. The third-order valence-electron chi connectivity index (χ3n) is 8.57. The number of carbonyl (C=O) groups is 1. The van der Waals surface area contributed by atoms with Crippen LogP contribution < -0.4 is 10.6 Å². The van der Waals surface area contributed by atoms with Gasteiger partial charge in [-0.25, -0.2) is 13.6 Å². The van der Waals surface area contributed by atoms with E-state index in [0.717, 1.165) is 56.1 Å². The summed E-state index contributed by atoms with van der Waals surface area (Å²) in [6.45, 7) is 8.30. The highest BCUT2D eigenvalue weighted by Gasteiger charge is 2.40. The molecule has 0 N–H and O–H groups in total. The molecule has 0 bridgehead atoms. The number of aromatic nitrogens is 2. The first kappa shape index (κ1) is 30.5. The van der Waals surface area contributed by atoms with E-state index < -0.39 is 46.2 Å². The van der Waals surface area contributed by atoms with Crippen molar-refractivity contribution < 1.29 is 26.7 Å². The maximum atomic E-state index is 15.2. The molecule has 3 aliphatic rings. The Labute approximate surface area is 254 Å². The van der Waals surface area contributed by atoms with Crippen molar-refractivity contribution in [2.45, 2.75) is 17.1 Å². The Morgan fingerprint density at radius 1 is 1.07 bits per heavy atom. The number of carbonyl (C=O) groups excluding carboxylic acids is 1. The van der Waals surface area contributed by atoms with Crippen molar-refractivity contribution in [1.29, 1.82) is 0 Å². The molecule has 44 heavy (non-hydrogen) atoms. The molecule has 0 radical (unpaired) electrons. The number of anilines is 1. The van der Waals surface area contributed by atoms with Crippen molar-refractivity contribution in [3.05, 3.63) is 64.6 Å². The first-order valence-electron chi connectivity index (χ1n) is 14.3. The molecule has 1 amide bonds. The summed E-state index contributed by atoms with van der Waals surface area (Å²) < 4.78 is 74.9. The Hall–Kier alpha value is -3.49. The highest BCUT2D eigenvalue weighted by atomic mass is 32.2. The van der Waals surface area contributed by atoms with Crippen LogP contribution in [0.25, 0.3) is 22.0 Å². The zero-order valence-corrected chi connectivity index (χ0v) is 24.9. The minimum Gasteiger partial charge on any atom is -0.352 e. The molecule has 14 heteroatoms. The van der Waals surface area contributed by atoms with Crippen molar-refractivity contribution in [2.75, 3.05) is 76.6 Å². The molecule has 6 rings (SSSR count). The van der Waals surface area contributed by atoms with Crippen molar-refractivity contribution in [2.24, 2.45) is 0 Å². The Morgan fingerprint density at radius 2 is 1.77 bits per heavy atom. The van der Waals surface area contributed by atoms with Gasteiger partial charge in [0.15, 0.2) is 0 Å². The lowest BCUT2D eigenvalue weighted by Gasteiger charge is -2.38. The molecule has 2 fully saturated rings. The lowest BCUT2D eigenvalue weighted by atomic mass is 9.95. The van der Waals surface area contributed by atoms with E-state index in [9.17, 15) is 27.2 Å². The summed E-state index contributed by atoms with van der Waals surface area (Å²) in [5.41, 5.74) is -2.26. The normalized spacial score (nSPS) is 19.9. The van der Waals surface area contributed by atoms with Crippen molar-refractivity contribution in [3.63, 3.8) is 0 Å². The molecule has 234 valence electrons. The quantitative estimate of drug-likeness (QED) is 0.310. The molecular formula is C30H31F5N6O2S. The van der Waals surface area contributed by atoms with Crippen LogP contribution in [0.3, 0.4) is 0 Å². The summed E-state index contributed by atoms with van der Waals surface area (Å²) in [6.07, 6.45) is -3.70. The molecule has 0 aliphatic carbocycles. The monoisotopic (exact) mass is 634 g/mol. The fraction of sp³-hybridized carbons (Fsp3) is 0.433. The van der Waals surface area contributed by atoms with Gasteiger partial charge in [0, 0.05) is 92.1 Å². The van der Waals surface area contributed by atoms with Crippen LogP contribution >= 0.6 is 11.8 Å².